The van der Waals surface area contributed by atoms with E-state index < -0.39 is 0 Å². The molecule has 1 aliphatic heterocycles. The zero-order chi connectivity index (χ0) is 17.4. The minimum absolute atomic E-state index is 0.00198. The summed E-state index contributed by atoms with van der Waals surface area (Å²) in [5.74, 6) is 0.736. The van der Waals surface area contributed by atoms with E-state index in [2.05, 4.69) is 28.8 Å². The van der Waals surface area contributed by atoms with E-state index in [0.717, 1.165) is 11.4 Å². The molecule has 6 nitrogen and oxygen atoms in total. The molecule has 0 aromatic carbocycles. The Labute approximate surface area is 146 Å². The first-order valence-corrected chi connectivity index (χ1v) is 8.21. The standard InChI is InChI=1S/C19H19N5O/c1-19(2)12-24(17(19)14-4-3-7-20-10-14)18(25)15-5-6-16(22-11-15)23-9-8-21-13-23/h3-11,13,17H,12H2,1-2H3. The molecule has 1 amide bonds. The summed E-state index contributed by atoms with van der Waals surface area (Å²) in [5, 5.41) is 0. The quantitative estimate of drug-likeness (QED) is 0.739. The number of hydrogen-bond acceptors (Lipinski definition) is 4. The summed E-state index contributed by atoms with van der Waals surface area (Å²) in [5.41, 5.74) is 1.69. The number of rotatable bonds is 3. The Morgan fingerprint density at radius 3 is 2.64 bits per heavy atom. The second-order valence-electron chi connectivity index (χ2n) is 6.99. The molecule has 1 aliphatic rings. The fourth-order valence-electron chi connectivity index (χ4n) is 3.51. The maximum absolute atomic E-state index is 12.9. The smallest absolute Gasteiger partial charge is 0.255 e. The largest absolute Gasteiger partial charge is 0.330 e. The summed E-state index contributed by atoms with van der Waals surface area (Å²) in [6, 6.07) is 7.62. The first-order valence-electron chi connectivity index (χ1n) is 8.21. The molecule has 126 valence electrons. The molecule has 0 bridgehead atoms. The highest BCUT2D eigenvalue weighted by Crippen LogP contribution is 2.48. The summed E-state index contributed by atoms with van der Waals surface area (Å²) >= 11 is 0. The van der Waals surface area contributed by atoms with Crippen molar-refractivity contribution in [3.63, 3.8) is 0 Å². The Kier molecular flexibility index (Phi) is 3.60. The highest BCUT2D eigenvalue weighted by Gasteiger charge is 2.49. The zero-order valence-electron chi connectivity index (χ0n) is 14.2. The second-order valence-corrected chi connectivity index (χ2v) is 6.99. The first kappa shape index (κ1) is 15.5. The van der Waals surface area contributed by atoms with Crippen LogP contribution in [0, 0.1) is 5.41 Å². The lowest BCUT2D eigenvalue weighted by molar-refractivity contribution is -0.0324. The number of hydrogen-bond donors (Lipinski definition) is 0. The summed E-state index contributed by atoms with van der Waals surface area (Å²) < 4.78 is 1.81. The zero-order valence-corrected chi connectivity index (χ0v) is 14.2. The number of nitrogens with zero attached hydrogens (tertiary/aromatic N) is 5. The number of imidazole rings is 1. The van der Waals surface area contributed by atoms with Crippen molar-refractivity contribution in [1.29, 1.82) is 0 Å². The van der Waals surface area contributed by atoms with Crippen LogP contribution in [-0.2, 0) is 0 Å². The molecule has 0 aliphatic carbocycles. The Balaban J connectivity index is 1.58. The summed E-state index contributed by atoms with van der Waals surface area (Å²) in [6.45, 7) is 5.07. The van der Waals surface area contributed by atoms with Crippen molar-refractivity contribution in [2.45, 2.75) is 19.9 Å². The van der Waals surface area contributed by atoms with Gasteiger partial charge in [-0.2, -0.15) is 0 Å². The SMILES string of the molecule is CC1(C)CN(C(=O)c2ccc(-n3ccnc3)nc2)C1c1cccnc1. The highest BCUT2D eigenvalue weighted by molar-refractivity contribution is 5.95. The molecule has 25 heavy (non-hydrogen) atoms. The van der Waals surface area contributed by atoms with Gasteiger partial charge in [0.05, 0.1) is 11.6 Å². The Morgan fingerprint density at radius 1 is 1.16 bits per heavy atom. The van der Waals surface area contributed by atoms with E-state index in [9.17, 15) is 4.79 Å². The highest BCUT2D eigenvalue weighted by atomic mass is 16.2. The molecule has 0 N–H and O–H groups in total. The molecule has 3 aromatic heterocycles. The monoisotopic (exact) mass is 333 g/mol. The van der Waals surface area contributed by atoms with Crippen molar-refractivity contribution < 1.29 is 4.79 Å². The van der Waals surface area contributed by atoms with Gasteiger partial charge >= 0.3 is 0 Å². The van der Waals surface area contributed by atoms with Crippen molar-refractivity contribution in [2.24, 2.45) is 5.41 Å². The topological polar surface area (TPSA) is 63.9 Å². The van der Waals surface area contributed by atoms with Crippen LogP contribution in [-0.4, -0.2) is 36.9 Å². The number of amides is 1. The summed E-state index contributed by atoms with van der Waals surface area (Å²) in [6.07, 6.45) is 10.4. The van der Waals surface area contributed by atoms with E-state index in [0.29, 0.717) is 12.1 Å². The number of carbonyl (C=O) groups excluding carboxylic acids is 1. The fourth-order valence-corrected chi connectivity index (χ4v) is 3.51. The summed E-state index contributed by atoms with van der Waals surface area (Å²) in [4.78, 5) is 27.4. The molecule has 1 saturated heterocycles. The molecule has 0 radical (unpaired) electrons. The molecule has 0 spiro atoms. The van der Waals surface area contributed by atoms with Gasteiger partial charge in [0.15, 0.2) is 0 Å². The molecular weight excluding hydrogens is 314 g/mol. The van der Waals surface area contributed by atoms with Gasteiger partial charge in [-0.1, -0.05) is 19.9 Å². The van der Waals surface area contributed by atoms with Crippen LogP contribution in [0.3, 0.4) is 0 Å². The third-order valence-electron chi connectivity index (χ3n) is 4.65. The van der Waals surface area contributed by atoms with Crippen LogP contribution < -0.4 is 0 Å². The Morgan fingerprint density at radius 2 is 2.04 bits per heavy atom. The van der Waals surface area contributed by atoms with E-state index in [-0.39, 0.29) is 17.4 Å². The molecule has 1 atom stereocenters. The van der Waals surface area contributed by atoms with Crippen molar-refractivity contribution in [2.75, 3.05) is 6.54 Å². The molecule has 6 heteroatoms. The Hall–Kier alpha value is -3.02. The van der Waals surface area contributed by atoms with Crippen molar-refractivity contribution in [3.05, 3.63) is 72.7 Å². The van der Waals surface area contributed by atoms with Crippen LogP contribution in [0.2, 0.25) is 0 Å². The first-order chi connectivity index (χ1) is 12.1. The molecule has 1 unspecified atom stereocenters. The fraction of sp³-hybridized carbons (Fsp3) is 0.263. The predicted molar refractivity (Wildman–Crippen MR) is 93.2 cm³/mol. The van der Waals surface area contributed by atoms with Gasteiger partial charge in [0.2, 0.25) is 0 Å². The van der Waals surface area contributed by atoms with Crippen LogP contribution >= 0.6 is 0 Å². The average Bonchev–Trinajstić information content (AvgIpc) is 3.15. The number of pyridine rings is 2. The third-order valence-corrected chi connectivity index (χ3v) is 4.65. The van der Waals surface area contributed by atoms with Gasteiger partial charge < -0.3 is 4.90 Å². The van der Waals surface area contributed by atoms with Gasteiger partial charge in [0.1, 0.15) is 12.1 Å². The maximum atomic E-state index is 12.9. The van der Waals surface area contributed by atoms with Gasteiger partial charge in [-0.3, -0.25) is 14.3 Å². The molecule has 1 fully saturated rings. The molecule has 4 heterocycles. The Bertz CT molecular complexity index is 872. The van der Waals surface area contributed by atoms with E-state index in [1.807, 2.05) is 41.6 Å². The number of likely N-dealkylation sites (tertiary alicyclic amines) is 1. The van der Waals surface area contributed by atoms with Crippen LogP contribution in [0.5, 0.6) is 0 Å². The van der Waals surface area contributed by atoms with Gasteiger partial charge in [0, 0.05) is 42.9 Å². The van der Waals surface area contributed by atoms with E-state index >= 15 is 0 Å². The van der Waals surface area contributed by atoms with Crippen LogP contribution in [0.4, 0.5) is 0 Å². The normalized spacial score (nSPS) is 18.6. The summed E-state index contributed by atoms with van der Waals surface area (Å²) in [7, 11) is 0. The lowest BCUT2D eigenvalue weighted by Crippen LogP contribution is -2.57. The van der Waals surface area contributed by atoms with Gasteiger partial charge in [-0.05, 0) is 23.8 Å². The molecule has 3 aromatic rings. The lowest BCUT2D eigenvalue weighted by atomic mass is 9.71. The van der Waals surface area contributed by atoms with Gasteiger partial charge in [-0.15, -0.1) is 0 Å². The lowest BCUT2D eigenvalue weighted by Gasteiger charge is -2.54. The number of carbonyl (C=O) groups is 1. The van der Waals surface area contributed by atoms with Crippen LogP contribution in [0.1, 0.15) is 35.8 Å². The molecule has 4 rings (SSSR count). The molecule has 0 saturated carbocycles. The van der Waals surface area contributed by atoms with E-state index in [4.69, 9.17) is 0 Å². The third kappa shape index (κ3) is 2.69. The van der Waals surface area contributed by atoms with E-state index in [1.165, 1.54) is 0 Å². The van der Waals surface area contributed by atoms with Gasteiger partial charge in [0.25, 0.3) is 5.91 Å². The van der Waals surface area contributed by atoms with Crippen LogP contribution in [0.15, 0.2) is 61.6 Å². The maximum Gasteiger partial charge on any atom is 0.255 e. The average molecular weight is 333 g/mol. The van der Waals surface area contributed by atoms with Crippen molar-refractivity contribution in [1.82, 2.24) is 24.4 Å². The van der Waals surface area contributed by atoms with E-state index in [1.54, 1.807) is 29.5 Å². The minimum Gasteiger partial charge on any atom is -0.330 e. The van der Waals surface area contributed by atoms with Crippen molar-refractivity contribution >= 4 is 5.91 Å². The van der Waals surface area contributed by atoms with Crippen molar-refractivity contribution in [3.8, 4) is 5.82 Å². The predicted octanol–water partition coefficient (Wildman–Crippen LogP) is 2.89. The molecular formula is C19H19N5O. The second kappa shape index (κ2) is 5.81. The van der Waals surface area contributed by atoms with Crippen LogP contribution in [0.25, 0.3) is 5.82 Å². The number of aromatic nitrogens is 4. The minimum atomic E-state index is -0.00198. The van der Waals surface area contributed by atoms with Gasteiger partial charge in [-0.25, -0.2) is 9.97 Å².